The van der Waals surface area contributed by atoms with Gasteiger partial charge in [-0.3, -0.25) is 0 Å². The van der Waals surface area contributed by atoms with E-state index in [1.165, 1.54) is 84.9 Å². The van der Waals surface area contributed by atoms with Crippen LogP contribution in [0.4, 0.5) is 17.1 Å². The predicted molar refractivity (Wildman–Crippen MR) is 249 cm³/mol. The molecule has 0 aliphatic rings. The van der Waals surface area contributed by atoms with E-state index < -0.39 is 0 Å². The average Bonchev–Trinajstić information content (AvgIpc) is 3.87. The number of anilines is 3. The van der Waals surface area contributed by atoms with Crippen LogP contribution in [0.3, 0.4) is 0 Å². The Balaban J connectivity index is 0.925. The first kappa shape index (κ1) is 33.5. The van der Waals surface area contributed by atoms with E-state index >= 15 is 0 Å². The molecule has 2 heterocycles. The Labute approximate surface area is 340 Å². The van der Waals surface area contributed by atoms with Crippen LogP contribution in [-0.2, 0) is 0 Å². The van der Waals surface area contributed by atoms with Crippen molar-refractivity contribution in [1.82, 2.24) is 0 Å². The number of hydrogen-bond acceptors (Lipinski definition) is 3. The number of hydrogen-bond donors (Lipinski definition) is 0. The van der Waals surface area contributed by atoms with Crippen LogP contribution in [-0.4, -0.2) is 0 Å². The summed E-state index contributed by atoms with van der Waals surface area (Å²) in [7, 11) is 0. The van der Waals surface area contributed by atoms with Crippen LogP contribution in [0.5, 0.6) is 0 Å². The number of fused-ring (bicyclic) bond motifs is 7. The van der Waals surface area contributed by atoms with Crippen LogP contribution in [0.2, 0.25) is 0 Å². The third-order valence-corrected chi connectivity index (χ3v) is 13.5. The highest BCUT2D eigenvalue weighted by Crippen LogP contribution is 2.47. The molecule has 0 radical (unpaired) electrons. The van der Waals surface area contributed by atoms with Crippen LogP contribution in [0, 0.1) is 0 Å². The van der Waals surface area contributed by atoms with Gasteiger partial charge in [-0.25, -0.2) is 0 Å². The van der Waals surface area contributed by atoms with Crippen LogP contribution < -0.4 is 4.90 Å². The van der Waals surface area contributed by atoms with Gasteiger partial charge in [0.25, 0.3) is 0 Å². The van der Waals surface area contributed by atoms with E-state index in [0.29, 0.717) is 0 Å². The Kier molecular flexibility index (Phi) is 8.28. The molecule has 0 fully saturated rings. The van der Waals surface area contributed by atoms with Crippen LogP contribution >= 0.6 is 22.7 Å². The summed E-state index contributed by atoms with van der Waals surface area (Å²) in [5, 5.41) is 5.43. The molecule has 0 amide bonds. The van der Waals surface area contributed by atoms with Crippen molar-refractivity contribution in [3.8, 4) is 44.5 Å². The zero-order valence-electron chi connectivity index (χ0n) is 31.0. The molecule has 0 aliphatic heterocycles. The molecular weight excluding hydrogens is 727 g/mol. The number of nitrogens with zero attached hydrogens (tertiary/aromatic N) is 1. The van der Waals surface area contributed by atoms with Gasteiger partial charge in [-0.2, -0.15) is 0 Å². The fraction of sp³-hybridized carbons (Fsp3) is 0. The van der Waals surface area contributed by atoms with Crippen molar-refractivity contribution < 1.29 is 0 Å². The summed E-state index contributed by atoms with van der Waals surface area (Å²) in [6.45, 7) is 0. The van der Waals surface area contributed by atoms with E-state index in [9.17, 15) is 0 Å². The predicted octanol–water partition coefficient (Wildman–Crippen LogP) is 16.6. The van der Waals surface area contributed by atoms with E-state index in [1.807, 2.05) is 22.7 Å². The molecule has 57 heavy (non-hydrogen) atoms. The molecule has 0 spiro atoms. The fourth-order valence-corrected chi connectivity index (χ4v) is 10.8. The number of rotatable bonds is 7. The maximum absolute atomic E-state index is 2.34. The Hall–Kier alpha value is -6.78. The van der Waals surface area contributed by atoms with Crippen molar-refractivity contribution in [2.75, 3.05) is 4.90 Å². The van der Waals surface area contributed by atoms with Crippen LogP contribution in [0.15, 0.2) is 212 Å². The van der Waals surface area contributed by atoms with Gasteiger partial charge < -0.3 is 4.90 Å². The second-order valence-corrected chi connectivity index (χ2v) is 16.6. The van der Waals surface area contributed by atoms with E-state index in [1.54, 1.807) is 0 Å². The summed E-state index contributed by atoms with van der Waals surface area (Å²) in [6, 6.07) is 77.2. The molecule has 11 rings (SSSR count). The zero-order chi connectivity index (χ0) is 37.7. The minimum absolute atomic E-state index is 1.11. The largest absolute Gasteiger partial charge is 0.311 e. The topological polar surface area (TPSA) is 3.24 Å². The summed E-state index contributed by atoms with van der Waals surface area (Å²) < 4.78 is 5.44. The summed E-state index contributed by atoms with van der Waals surface area (Å²) in [4.78, 5) is 2.34. The normalized spacial score (nSPS) is 11.5. The Morgan fingerprint density at radius 1 is 0.263 bits per heavy atom. The van der Waals surface area contributed by atoms with Gasteiger partial charge in [0, 0.05) is 57.4 Å². The molecule has 0 saturated carbocycles. The molecule has 0 atom stereocenters. The third-order valence-electron chi connectivity index (χ3n) is 11.1. The average molecular weight is 762 g/mol. The molecule has 11 aromatic rings. The highest BCUT2D eigenvalue weighted by Gasteiger charge is 2.17. The van der Waals surface area contributed by atoms with Crippen molar-refractivity contribution in [3.63, 3.8) is 0 Å². The van der Waals surface area contributed by atoms with Crippen molar-refractivity contribution in [2.45, 2.75) is 0 Å². The van der Waals surface area contributed by atoms with Crippen molar-refractivity contribution in [1.29, 1.82) is 0 Å². The van der Waals surface area contributed by atoms with Crippen LogP contribution in [0.25, 0.3) is 84.9 Å². The lowest BCUT2D eigenvalue weighted by Gasteiger charge is -2.26. The minimum Gasteiger partial charge on any atom is -0.311 e. The molecule has 0 aliphatic carbocycles. The van der Waals surface area contributed by atoms with Gasteiger partial charge in [0.05, 0.1) is 0 Å². The molecule has 1 nitrogen and oxygen atoms in total. The quantitative estimate of drug-likeness (QED) is 0.156. The monoisotopic (exact) mass is 761 g/mol. The van der Waals surface area contributed by atoms with Gasteiger partial charge in [-0.05, 0) is 93.0 Å². The smallest absolute Gasteiger partial charge is 0.0462 e. The van der Waals surface area contributed by atoms with E-state index in [0.717, 1.165) is 17.1 Å². The third kappa shape index (κ3) is 6.00. The van der Waals surface area contributed by atoms with Gasteiger partial charge in [0.15, 0.2) is 0 Å². The molecule has 9 aromatic carbocycles. The van der Waals surface area contributed by atoms with E-state index in [-0.39, 0.29) is 0 Å². The van der Waals surface area contributed by atoms with Gasteiger partial charge >= 0.3 is 0 Å². The second-order valence-electron chi connectivity index (χ2n) is 14.5. The van der Waals surface area contributed by atoms with Crippen molar-refractivity contribution in [2.24, 2.45) is 0 Å². The molecule has 0 saturated heterocycles. The lowest BCUT2D eigenvalue weighted by Crippen LogP contribution is -2.09. The highest BCUT2D eigenvalue weighted by atomic mass is 32.1. The molecule has 0 unspecified atom stereocenters. The maximum atomic E-state index is 2.34. The standard InChI is InChI=1S/C54H35NS2/c1-3-10-36(11-4-1)39-22-28-43(29-23-39)55(44-30-24-40(25-31-44)37-12-5-2-6-13-37)45-32-26-41(27-33-45)38-18-20-42(21-19-38)46-15-9-16-47-48-34-35-51-52(54(48)57-53(46)47)49-14-7-8-17-50(49)56-51/h1-35H. The summed E-state index contributed by atoms with van der Waals surface area (Å²) >= 11 is 3.82. The molecule has 0 bridgehead atoms. The summed E-state index contributed by atoms with van der Waals surface area (Å²) in [6.07, 6.45) is 0. The number of benzene rings is 9. The Morgan fingerprint density at radius 2 is 0.702 bits per heavy atom. The fourth-order valence-electron chi connectivity index (χ4n) is 8.25. The Morgan fingerprint density at radius 3 is 1.26 bits per heavy atom. The van der Waals surface area contributed by atoms with Gasteiger partial charge in [0.2, 0.25) is 0 Å². The maximum Gasteiger partial charge on any atom is 0.0462 e. The minimum atomic E-state index is 1.11. The SMILES string of the molecule is c1ccc(-c2ccc(N(c3ccc(-c4ccccc4)cc3)c3ccc(-c4ccc(-c5cccc6c5sc5c6ccc6sc7ccccc7c65)cc4)cc3)cc2)cc1. The summed E-state index contributed by atoms with van der Waals surface area (Å²) in [5.74, 6) is 0. The van der Waals surface area contributed by atoms with Gasteiger partial charge in [-0.15, -0.1) is 22.7 Å². The first-order valence-electron chi connectivity index (χ1n) is 19.3. The first-order chi connectivity index (χ1) is 28.2. The zero-order valence-corrected chi connectivity index (χ0v) is 32.6. The molecule has 268 valence electrons. The first-order valence-corrected chi connectivity index (χ1v) is 21.0. The van der Waals surface area contributed by atoms with Gasteiger partial charge in [-0.1, -0.05) is 164 Å². The molecule has 0 N–H and O–H groups in total. The molecule has 3 heteroatoms. The van der Waals surface area contributed by atoms with Gasteiger partial charge in [0.1, 0.15) is 0 Å². The lowest BCUT2D eigenvalue weighted by molar-refractivity contribution is 1.28. The lowest BCUT2D eigenvalue weighted by atomic mass is 9.98. The van der Waals surface area contributed by atoms with Crippen molar-refractivity contribution >= 4 is 80.1 Å². The molecular formula is C54H35NS2. The number of thiophene rings is 2. The molecule has 2 aromatic heterocycles. The van der Waals surface area contributed by atoms with E-state index in [4.69, 9.17) is 0 Å². The Bertz CT molecular complexity index is 3100. The highest BCUT2D eigenvalue weighted by molar-refractivity contribution is 7.30. The van der Waals surface area contributed by atoms with E-state index in [2.05, 4.69) is 217 Å². The summed E-state index contributed by atoms with van der Waals surface area (Å²) in [5.41, 5.74) is 13.1. The van der Waals surface area contributed by atoms with Crippen LogP contribution in [0.1, 0.15) is 0 Å². The second kappa shape index (κ2) is 14.1. The van der Waals surface area contributed by atoms with Crippen molar-refractivity contribution in [3.05, 3.63) is 212 Å².